The Bertz CT molecular complexity index is 1250. The highest BCUT2D eigenvalue weighted by Crippen LogP contribution is 2.39. The highest BCUT2D eigenvalue weighted by molar-refractivity contribution is 5.85. The Morgan fingerprint density at radius 2 is 1.42 bits per heavy atom. The van der Waals surface area contributed by atoms with E-state index in [2.05, 4.69) is 4.90 Å². The smallest absolute Gasteiger partial charge is 0.340 e. The first-order chi connectivity index (χ1) is 19.6. The van der Waals surface area contributed by atoms with E-state index in [9.17, 15) is 40.3 Å². The van der Waals surface area contributed by atoms with Gasteiger partial charge in [0.2, 0.25) is 5.91 Å². The van der Waals surface area contributed by atoms with Gasteiger partial charge in [0.05, 0.1) is 23.2 Å². The van der Waals surface area contributed by atoms with E-state index in [0.29, 0.717) is 56.7 Å². The lowest BCUT2D eigenvalue weighted by Crippen LogP contribution is -2.56. The molecule has 2 saturated heterocycles. The number of alkyl halides is 6. The van der Waals surface area contributed by atoms with Crippen LogP contribution in [0.25, 0.3) is 0 Å². The first-order valence-electron chi connectivity index (χ1n) is 13.6. The van der Waals surface area contributed by atoms with Gasteiger partial charge in [0.25, 0.3) is 0 Å². The predicted octanol–water partition coefficient (Wildman–Crippen LogP) is 6.77. The maximum absolute atomic E-state index is 13.8. The number of rotatable bonds is 4. The molecule has 0 radical (unpaired) electrons. The number of hydrogen-bond acceptors (Lipinski definition) is 3. The first-order valence-corrected chi connectivity index (χ1v) is 13.6. The Labute approximate surface area is 251 Å². The number of urea groups is 1. The highest BCUT2D eigenvalue weighted by atomic mass is 35.5. The van der Waals surface area contributed by atoms with E-state index in [1.807, 2.05) is 0 Å². The van der Waals surface area contributed by atoms with Crippen LogP contribution in [-0.4, -0.2) is 77.4 Å². The SMILES string of the molecule is CC(=O)N1CCN([C@H]2CCN(C(=O)N(C)[C@H](C)c3cc(C(F)(F)F)cc(C(F)(F)F)c3)[C@@H](c3ccc(F)cc3)C2)CC1.Cl. The molecule has 0 bridgehead atoms. The lowest BCUT2D eigenvalue weighted by atomic mass is 9.90. The summed E-state index contributed by atoms with van der Waals surface area (Å²) >= 11 is 0. The van der Waals surface area contributed by atoms with Crippen LogP contribution in [0.4, 0.5) is 35.5 Å². The number of halogens is 8. The number of nitrogens with zero attached hydrogens (tertiary/aromatic N) is 4. The molecule has 0 aliphatic carbocycles. The second-order valence-electron chi connectivity index (χ2n) is 10.9. The zero-order valence-electron chi connectivity index (χ0n) is 23.9. The largest absolute Gasteiger partial charge is 0.416 e. The van der Waals surface area contributed by atoms with E-state index in [4.69, 9.17) is 0 Å². The van der Waals surface area contributed by atoms with Gasteiger partial charge in [0, 0.05) is 52.7 Å². The second kappa shape index (κ2) is 13.3. The van der Waals surface area contributed by atoms with E-state index in [-0.39, 0.29) is 42.5 Å². The maximum Gasteiger partial charge on any atom is 0.416 e. The molecule has 3 atom stereocenters. The Balaban J connectivity index is 0.00000506. The summed E-state index contributed by atoms with van der Waals surface area (Å²) in [6, 6.07) is 4.89. The van der Waals surface area contributed by atoms with Crippen LogP contribution in [-0.2, 0) is 17.1 Å². The average Bonchev–Trinajstić information content (AvgIpc) is 2.95. The van der Waals surface area contributed by atoms with E-state index >= 15 is 0 Å². The van der Waals surface area contributed by atoms with Crippen molar-refractivity contribution in [2.24, 2.45) is 0 Å². The van der Waals surface area contributed by atoms with Crippen molar-refractivity contribution >= 4 is 24.3 Å². The van der Waals surface area contributed by atoms with Crippen LogP contribution in [0.2, 0.25) is 0 Å². The third-order valence-electron chi connectivity index (χ3n) is 8.33. The molecule has 0 aromatic heterocycles. The Kier molecular flexibility index (Phi) is 10.6. The third-order valence-corrected chi connectivity index (χ3v) is 8.33. The minimum Gasteiger partial charge on any atom is -0.340 e. The normalized spacial score (nSPS) is 20.8. The summed E-state index contributed by atoms with van der Waals surface area (Å²) in [4.78, 5) is 32.2. The molecule has 2 heterocycles. The van der Waals surface area contributed by atoms with E-state index in [1.165, 1.54) is 33.0 Å². The average molecular weight is 639 g/mol. The summed E-state index contributed by atoms with van der Waals surface area (Å²) in [5.41, 5.74) is -2.54. The van der Waals surface area contributed by atoms with Crippen LogP contribution in [0.5, 0.6) is 0 Å². The Hall–Kier alpha value is -3.06. The summed E-state index contributed by atoms with van der Waals surface area (Å²) in [6.45, 7) is 5.63. The van der Waals surface area contributed by atoms with Crippen LogP contribution >= 0.6 is 12.4 Å². The van der Waals surface area contributed by atoms with Gasteiger partial charge in [-0.3, -0.25) is 9.69 Å². The van der Waals surface area contributed by atoms with Crippen LogP contribution in [0, 0.1) is 5.82 Å². The molecule has 2 aromatic rings. The molecule has 238 valence electrons. The molecule has 0 spiro atoms. The van der Waals surface area contributed by atoms with E-state index in [1.54, 1.807) is 21.9 Å². The van der Waals surface area contributed by atoms with Gasteiger partial charge in [-0.15, -0.1) is 12.4 Å². The van der Waals surface area contributed by atoms with Gasteiger partial charge in [0.1, 0.15) is 5.82 Å². The summed E-state index contributed by atoms with van der Waals surface area (Å²) in [7, 11) is 1.34. The van der Waals surface area contributed by atoms with Gasteiger partial charge in [-0.25, -0.2) is 9.18 Å². The fourth-order valence-corrected chi connectivity index (χ4v) is 5.72. The van der Waals surface area contributed by atoms with Crippen LogP contribution < -0.4 is 0 Å². The molecule has 43 heavy (non-hydrogen) atoms. The summed E-state index contributed by atoms with van der Waals surface area (Å²) in [5, 5.41) is 0. The molecule has 4 rings (SSSR count). The Morgan fingerprint density at radius 1 is 0.884 bits per heavy atom. The quantitative estimate of drug-likeness (QED) is 0.348. The van der Waals surface area contributed by atoms with Crippen molar-refractivity contribution in [2.75, 3.05) is 39.8 Å². The zero-order valence-corrected chi connectivity index (χ0v) is 24.7. The van der Waals surface area contributed by atoms with Gasteiger partial charge < -0.3 is 14.7 Å². The molecule has 0 unspecified atom stereocenters. The van der Waals surface area contributed by atoms with Crippen molar-refractivity contribution in [2.45, 2.75) is 57.2 Å². The van der Waals surface area contributed by atoms with Gasteiger partial charge in [-0.05, 0) is 61.2 Å². The van der Waals surface area contributed by atoms with Crippen LogP contribution in [0.3, 0.4) is 0 Å². The predicted molar refractivity (Wildman–Crippen MR) is 148 cm³/mol. The number of amides is 3. The fraction of sp³-hybridized carbons (Fsp3) is 0.517. The van der Waals surface area contributed by atoms with Crippen molar-refractivity contribution in [3.8, 4) is 0 Å². The fourth-order valence-electron chi connectivity index (χ4n) is 5.72. The van der Waals surface area contributed by atoms with E-state index in [0.717, 1.165) is 4.90 Å². The van der Waals surface area contributed by atoms with Crippen molar-refractivity contribution in [3.05, 3.63) is 70.5 Å². The van der Waals surface area contributed by atoms with Crippen LogP contribution in [0.15, 0.2) is 42.5 Å². The summed E-state index contributed by atoms with van der Waals surface area (Å²) in [5.74, 6) is -0.459. The molecule has 2 aliphatic heterocycles. The van der Waals surface area contributed by atoms with Crippen LogP contribution in [0.1, 0.15) is 61.0 Å². The Morgan fingerprint density at radius 3 is 1.91 bits per heavy atom. The van der Waals surface area contributed by atoms with E-state index < -0.39 is 47.4 Å². The van der Waals surface area contributed by atoms with Crippen molar-refractivity contribution in [1.29, 1.82) is 0 Å². The maximum atomic E-state index is 13.8. The molecule has 2 fully saturated rings. The third kappa shape index (κ3) is 7.91. The highest BCUT2D eigenvalue weighted by Gasteiger charge is 2.40. The molecule has 2 aromatic carbocycles. The monoisotopic (exact) mass is 638 g/mol. The number of hydrogen-bond donors (Lipinski definition) is 0. The molecular formula is C29H34ClF7N4O2. The first kappa shape index (κ1) is 34.4. The lowest BCUT2D eigenvalue weighted by molar-refractivity contribution is -0.143. The molecular weight excluding hydrogens is 605 g/mol. The number of carbonyl (C=O) groups is 2. The lowest BCUT2D eigenvalue weighted by Gasteiger charge is -2.47. The number of carbonyl (C=O) groups excluding carboxylic acids is 2. The molecule has 14 heteroatoms. The van der Waals surface area contributed by atoms with Gasteiger partial charge in [0.15, 0.2) is 0 Å². The van der Waals surface area contributed by atoms with Crippen molar-refractivity contribution < 1.29 is 40.3 Å². The van der Waals surface area contributed by atoms with Crippen molar-refractivity contribution in [3.63, 3.8) is 0 Å². The van der Waals surface area contributed by atoms with Gasteiger partial charge >= 0.3 is 18.4 Å². The van der Waals surface area contributed by atoms with Crippen molar-refractivity contribution in [1.82, 2.24) is 19.6 Å². The number of piperazine rings is 1. The molecule has 6 nitrogen and oxygen atoms in total. The standard InChI is InChI=1S/C29H33F7N4O2.ClH/c1-18(21-14-22(28(31,32)33)16-23(15-21)29(34,35)36)37(3)27(42)40-9-8-25(39-12-10-38(11-13-39)19(2)41)17-26(40)20-4-6-24(30)7-5-20;/h4-7,14-16,18,25-26H,8-13,17H2,1-3H3;1H/t18-,25+,26-;/m1./s1. The van der Waals surface area contributed by atoms with Gasteiger partial charge in [-0.1, -0.05) is 12.1 Å². The number of benzene rings is 2. The topological polar surface area (TPSA) is 47.1 Å². The molecule has 3 amide bonds. The van der Waals surface area contributed by atoms with Gasteiger partial charge in [-0.2, -0.15) is 26.3 Å². The number of likely N-dealkylation sites (tertiary alicyclic amines) is 1. The summed E-state index contributed by atoms with van der Waals surface area (Å²) < 4.78 is 94.5. The second-order valence-corrected chi connectivity index (χ2v) is 10.9. The molecule has 0 saturated carbocycles. The minimum atomic E-state index is -5.01. The molecule has 0 N–H and O–H groups in total. The minimum absolute atomic E-state index is 0. The summed E-state index contributed by atoms with van der Waals surface area (Å²) in [6.07, 6.45) is -8.96. The molecule has 2 aliphatic rings. The zero-order chi connectivity index (χ0) is 31.0. The number of piperidine rings is 1.